The van der Waals surface area contributed by atoms with E-state index in [-0.39, 0.29) is 30.3 Å². The van der Waals surface area contributed by atoms with Crippen molar-refractivity contribution in [2.45, 2.75) is 44.8 Å². The van der Waals surface area contributed by atoms with Gasteiger partial charge in [-0.05, 0) is 45.6 Å². The molecule has 31 heavy (non-hydrogen) atoms. The number of quaternary nitrogens is 1. The summed E-state index contributed by atoms with van der Waals surface area (Å²) in [6.45, 7) is 6.36. The van der Waals surface area contributed by atoms with E-state index >= 15 is 0 Å². The fourth-order valence-electron chi connectivity index (χ4n) is 4.30. The van der Waals surface area contributed by atoms with E-state index in [0.717, 1.165) is 17.2 Å². The molecule has 0 aromatic heterocycles. The van der Waals surface area contributed by atoms with Gasteiger partial charge in [0, 0.05) is 29.4 Å². The predicted octanol–water partition coefficient (Wildman–Crippen LogP) is 2.76. The van der Waals surface area contributed by atoms with Gasteiger partial charge in [0.05, 0.1) is 31.3 Å². The number of carbonyl (C=O) groups is 1. The largest absolute Gasteiger partial charge is 0.595 e. The molecule has 1 N–H and O–H groups in total. The first-order valence-corrected chi connectivity index (χ1v) is 11.5. The highest BCUT2D eigenvalue weighted by Gasteiger charge is 2.51. The Balaban J connectivity index is 1.57. The van der Waals surface area contributed by atoms with Crippen molar-refractivity contribution in [2.75, 3.05) is 26.1 Å². The number of aliphatic imine (C=N–C) groups is 1. The molecule has 1 aromatic carbocycles. The number of nitrogens with zero attached hydrogens (tertiary/aromatic N) is 1. The minimum Gasteiger partial charge on any atom is -0.595 e. The molecule has 0 spiro atoms. The maximum atomic E-state index is 14.9. The molecular formula is C22H29FN2O5S. The molecule has 4 rings (SSSR count). The lowest BCUT2D eigenvalue weighted by Gasteiger charge is -2.35. The van der Waals surface area contributed by atoms with E-state index in [1.165, 1.54) is 19.2 Å². The van der Waals surface area contributed by atoms with Crippen LogP contribution in [0.1, 0.15) is 39.2 Å². The fourth-order valence-corrected chi connectivity index (χ4v) is 5.63. The highest BCUT2D eigenvalue weighted by Crippen LogP contribution is 2.49. The molecule has 0 radical (unpaired) electrons. The van der Waals surface area contributed by atoms with Gasteiger partial charge in [0.25, 0.3) is 0 Å². The fraction of sp³-hybridized carbons (Fsp3) is 0.636. The zero-order valence-corrected chi connectivity index (χ0v) is 19.1. The Hall–Kier alpha value is -1.52. The standard InChI is InChI=1S/C22H29FN2O5S/c1-21(2,3)30-20(26)16-7-13(16)8-19-24-22(12-29-10-14(22)11-31-19)17-9-15(25(27)28-4)5-6-18(17)23/h5-6,9,13-14,16,25H,7-8,10-12H2,1-4H3/t13?,14-,16-,22?/m0/s1. The van der Waals surface area contributed by atoms with Crippen LogP contribution in [0.4, 0.5) is 10.1 Å². The molecule has 3 unspecified atom stereocenters. The van der Waals surface area contributed by atoms with Crippen LogP contribution in [-0.2, 0) is 24.6 Å². The molecule has 2 heterocycles. The first-order valence-electron chi connectivity index (χ1n) is 10.5. The second-order valence-electron chi connectivity index (χ2n) is 9.48. The van der Waals surface area contributed by atoms with Crippen molar-refractivity contribution in [2.24, 2.45) is 22.7 Å². The van der Waals surface area contributed by atoms with Crippen molar-refractivity contribution >= 4 is 28.5 Å². The Bertz CT molecular complexity index is 889. The van der Waals surface area contributed by atoms with E-state index < -0.39 is 22.2 Å². The lowest BCUT2D eigenvalue weighted by molar-refractivity contribution is -0.992. The topological polar surface area (TPSA) is 84.6 Å². The van der Waals surface area contributed by atoms with E-state index in [1.54, 1.807) is 17.8 Å². The van der Waals surface area contributed by atoms with Crippen molar-refractivity contribution in [3.05, 3.63) is 34.8 Å². The summed E-state index contributed by atoms with van der Waals surface area (Å²) in [5.74, 6) is 0.303. The van der Waals surface area contributed by atoms with Gasteiger partial charge in [-0.1, -0.05) is 0 Å². The summed E-state index contributed by atoms with van der Waals surface area (Å²) in [4.78, 5) is 22.1. The summed E-state index contributed by atoms with van der Waals surface area (Å²) in [6, 6.07) is 4.26. The molecule has 1 aromatic rings. The molecule has 3 aliphatic rings. The number of halogens is 1. The number of esters is 1. The third kappa shape index (κ3) is 4.66. The molecule has 2 aliphatic heterocycles. The van der Waals surface area contributed by atoms with Crippen LogP contribution in [-0.4, -0.2) is 42.7 Å². The van der Waals surface area contributed by atoms with Gasteiger partial charge in [-0.3, -0.25) is 9.79 Å². The molecule has 0 bridgehead atoms. The quantitative estimate of drug-likeness (QED) is 0.528. The average molecular weight is 453 g/mol. The molecular weight excluding hydrogens is 423 g/mol. The zero-order valence-electron chi connectivity index (χ0n) is 18.3. The normalized spacial score (nSPS) is 31.0. The highest BCUT2D eigenvalue weighted by molar-refractivity contribution is 8.14. The van der Waals surface area contributed by atoms with E-state index in [9.17, 15) is 14.4 Å². The number of thioether (sulfide) groups is 1. The summed E-state index contributed by atoms with van der Waals surface area (Å²) >= 11 is 1.65. The lowest BCUT2D eigenvalue weighted by atomic mass is 9.81. The minimum atomic E-state index is -0.856. The number of benzene rings is 1. The molecule has 2 fully saturated rings. The van der Waals surface area contributed by atoms with Crippen LogP contribution in [0.25, 0.3) is 0 Å². The van der Waals surface area contributed by atoms with Crippen molar-refractivity contribution in [1.82, 2.24) is 0 Å². The Morgan fingerprint density at radius 2 is 2.23 bits per heavy atom. The van der Waals surface area contributed by atoms with Gasteiger partial charge in [0.2, 0.25) is 0 Å². The van der Waals surface area contributed by atoms with Crippen LogP contribution in [0.15, 0.2) is 23.2 Å². The number of carbonyl (C=O) groups excluding carboxylic acids is 1. The van der Waals surface area contributed by atoms with Gasteiger partial charge in [0.15, 0.2) is 5.69 Å². The molecule has 5 atom stereocenters. The number of hydrogen-bond acceptors (Lipinski definition) is 7. The van der Waals surface area contributed by atoms with E-state index in [1.807, 2.05) is 20.8 Å². The summed E-state index contributed by atoms with van der Waals surface area (Å²) in [6.07, 6.45) is 1.45. The molecule has 170 valence electrons. The van der Waals surface area contributed by atoms with Crippen molar-refractivity contribution < 1.29 is 28.7 Å². The summed E-state index contributed by atoms with van der Waals surface area (Å²) in [5.41, 5.74) is -0.691. The first kappa shape index (κ1) is 22.7. The second kappa shape index (κ2) is 8.44. The Morgan fingerprint density at radius 1 is 1.45 bits per heavy atom. The molecule has 1 aliphatic carbocycles. The van der Waals surface area contributed by atoms with Crippen molar-refractivity contribution in [3.63, 3.8) is 0 Å². The van der Waals surface area contributed by atoms with Gasteiger partial charge in [-0.2, -0.15) is 5.23 Å². The number of rotatable bonds is 6. The number of hydrogen-bond donors (Lipinski definition) is 1. The van der Waals surface area contributed by atoms with Crippen molar-refractivity contribution in [1.29, 1.82) is 0 Å². The Labute approximate surface area is 185 Å². The van der Waals surface area contributed by atoms with Gasteiger partial charge in [0.1, 0.15) is 17.0 Å². The van der Waals surface area contributed by atoms with E-state index in [4.69, 9.17) is 19.3 Å². The second-order valence-corrected chi connectivity index (χ2v) is 10.6. The molecule has 9 heteroatoms. The number of nitrogens with one attached hydrogen (secondary N) is 1. The summed E-state index contributed by atoms with van der Waals surface area (Å²) in [5, 5.41) is 12.4. The SMILES string of the molecule is CO[NH+]([O-])c1ccc(F)c(C23COC[C@H]2CSC(CC2C[C@@H]2C(=O)OC(C)(C)C)=N3)c1. The van der Waals surface area contributed by atoms with E-state index in [2.05, 4.69) is 0 Å². The van der Waals surface area contributed by atoms with E-state index in [0.29, 0.717) is 24.3 Å². The Kier molecular flexibility index (Phi) is 6.17. The van der Waals surface area contributed by atoms with Gasteiger partial charge in [-0.15, -0.1) is 11.8 Å². The average Bonchev–Trinajstić information content (AvgIpc) is 3.34. The van der Waals surface area contributed by atoms with Crippen LogP contribution in [0, 0.1) is 28.8 Å². The maximum absolute atomic E-state index is 14.9. The zero-order chi connectivity index (χ0) is 22.4. The molecule has 7 nitrogen and oxygen atoms in total. The smallest absolute Gasteiger partial charge is 0.309 e. The monoisotopic (exact) mass is 452 g/mol. The van der Waals surface area contributed by atoms with Crippen LogP contribution in [0.3, 0.4) is 0 Å². The third-order valence-corrected chi connectivity index (χ3v) is 7.17. The van der Waals surface area contributed by atoms with Crippen molar-refractivity contribution in [3.8, 4) is 0 Å². The van der Waals surface area contributed by atoms with Crippen LogP contribution >= 0.6 is 11.8 Å². The Morgan fingerprint density at radius 3 is 2.94 bits per heavy atom. The van der Waals surface area contributed by atoms with Crippen LogP contribution < -0.4 is 5.23 Å². The first-order chi connectivity index (χ1) is 14.6. The maximum Gasteiger partial charge on any atom is 0.309 e. The molecule has 1 saturated heterocycles. The third-order valence-electron chi connectivity index (χ3n) is 6.01. The summed E-state index contributed by atoms with van der Waals surface area (Å²) in [7, 11) is 1.30. The minimum absolute atomic E-state index is 0.0181. The van der Waals surface area contributed by atoms with Crippen LogP contribution in [0.5, 0.6) is 0 Å². The predicted molar refractivity (Wildman–Crippen MR) is 115 cm³/mol. The molecule has 0 amide bonds. The summed E-state index contributed by atoms with van der Waals surface area (Å²) < 4.78 is 26.2. The molecule has 1 saturated carbocycles. The highest BCUT2D eigenvalue weighted by atomic mass is 32.2. The van der Waals surface area contributed by atoms with Gasteiger partial charge < -0.3 is 14.7 Å². The van der Waals surface area contributed by atoms with Gasteiger partial charge >= 0.3 is 5.97 Å². The van der Waals surface area contributed by atoms with Gasteiger partial charge in [-0.25, -0.2) is 9.23 Å². The number of fused-ring (bicyclic) bond motifs is 1. The number of ether oxygens (including phenoxy) is 2. The lowest BCUT2D eigenvalue weighted by Crippen LogP contribution is -3.00. The van der Waals surface area contributed by atoms with Crippen LogP contribution in [0.2, 0.25) is 0 Å².